The Kier molecular flexibility index (Phi) is 5.80. The maximum absolute atomic E-state index is 12.2. The van der Waals surface area contributed by atoms with Crippen LogP contribution in [0.5, 0.6) is 0 Å². The molecule has 1 N–H and O–H groups in total. The summed E-state index contributed by atoms with van der Waals surface area (Å²) < 4.78 is 6.27. The molecule has 1 aromatic carbocycles. The Bertz CT molecular complexity index is 563. The highest BCUT2D eigenvalue weighted by atomic mass is 16.5. The van der Waals surface area contributed by atoms with Crippen molar-refractivity contribution in [1.29, 1.82) is 0 Å². The van der Waals surface area contributed by atoms with Crippen LogP contribution in [0.25, 0.3) is 0 Å². The normalized spacial score (nSPS) is 23.3. The van der Waals surface area contributed by atoms with Crippen LogP contribution < -0.4 is 5.32 Å². The fourth-order valence-electron chi connectivity index (χ4n) is 4.14. The number of morpholine rings is 1. The number of rotatable bonds is 3. The number of amides is 1. The minimum absolute atomic E-state index is 0.0126. The standard InChI is InChI=1S/C13H21NO2.C8H11N/c1-2-14-10-12(6-4-3-5-7-12)16-13(8-9-13)11(14)15;1-9-7-8-5-3-2-4-6-8/h2-10H2,1H3;2-6,9H,7H2,1H3. The molecule has 0 atom stereocenters. The van der Waals surface area contributed by atoms with Crippen LogP contribution in [0.4, 0.5) is 0 Å². The first-order valence-corrected chi connectivity index (χ1v) is 9.81. The predicted octanol–water partition coefficient (Wildman–Crippen LogP) is 3.51. The van der Waals surface area contributed by atoms with E-state index < -0.39 is 0 Å². The van der Waals surface area contributed by atoms with Crippen LogP contribution in [-0.2, 0) is 16.1 Å². The van der Waals surface area contributed by atoms with Crippen LogP contribution in [-0.4, -0.2) is 42.1 Å². The van der Waals surface area contributed by atoms with E-state index in [2.05, 4.69) is 24.4 Å². The van der Waals surface area contributed by atoms with Crippen molar-refractivity contribution < 1.29 is 9.53 Å². The van der Waals surface area contributed by atoms with Gasteiger partial charge in [-0.1, -0.05) is 49.6 Å². The van der Waals surface area contributed by atoms with Crippen molar-refractivity contribution in [3.05, 3.63) is 35.9 Å². The zero-order valence-corrected chi connectivity index (χ0v) is 15.7. The second kappa shape index (κ2) is 7.88. The first kappa shape index (κ1) is 18.4. The maximum Gasteiger partial charge on any atom is 0.254 e. The van der Waals surface area contributed by atoms with Crippen molar-refractivity contribution in [2.24, 2.45) is 0 Å². The number of hydrogen-bond acceptors (Lipinski definition) is 3. The molecule has 0 aromatic heterocycles. The monoisotopic (exact) mass is 344 g/mol. The van der Waals surface area contributed by atoms with E-state index in [-0.39, 0.29) is 17.1 Å². The summed E-state index contributed by atoms with van der Waals surface area (Å²) in [5, 5.41) is 3.08. The molecule has 1 aromatic rings. The molecule has 2 aliphatic carbocycles. The summed E-state index contributed by atoms with van der Waals surface area (Å²) in [6, 6.07) is 10.3. The molecule has 0 bridgehead atoms. The Balaban J connectivity index is 0.000000173. The van der Waals surface area contributed by atoms with Gasteiger partial charge in [0.05, 0.1) is 5.60 Å². The number of nitrogens with zero attached hydrogens (tertiary/aromatic N) is 1. The van der Waals surface area contributed by atoms with Crippen LogP contribution in [0.15, 0.2) is 30.3 Å². The molecule has 4 rings (SSSR count). The lowest BCUT2D eigenvalue weighted by atomic mass is 9.82. The van der Waals surface area contributed by atoms with E-state index in [0.717, 1.165) is 45.3 Å². The van der Waals surface area contributed by atoms with Gasteiger partial charge in [-0.3, -0.25) is 4.79 Å². The van der Waals surface area contributed by atoms with Crippen LogP contribution in [0.3, 0.4) is 0 Å². The third kappa shape index (κ3) is 4.24. The molecule has 4 nitrogen and oxygen atoms in total. The fraction of sp³-hybridized carbons (Fsp3) is 0.667. The number of carbonyl (C=O) groups is 1. The molecular formula is C21H32N2O2. The zero-order valence-electron chi connectivity index (χ0n) is 15.7. The second-order valence-electron chi connectivity index (χ2n) is 7.68. The van der Waals surface area contributed by atoms with Crippen molar-refractivity contribution in [3.63, 3.8) is 0 Å². The Morgan fingerprint density at radius 2 is 1.76 bits per heavy atom. The van der Waals surface area contributed by atoms with Gasteiger partial charge in [0, 0.05) is 19.6 Å². The van der Waals surface area contributed by atoms with E-state index in [0.29, 0.717) is 0 Å². The molecule has 1 aliphatic heterocycles. The van der Waals surface area contributed by atoms with E-state index >= 15 is 0 Å². The van der Waals surface area contributed by atoms with Gasteiger partial charge < -0.3 is 15.0 Å². The Morgan fingerprint density at radius 1 is 1.08 bits per heavy atom. The van der Waals surface area contributed by atoms with Crippen LogP contribution in [0.1, 0.15) is 57.4 Å². The van der Waals surface area contributed by atoms with E-state index in [4.69, 9.17) is 4.74 Å². The maximum atomic E-state index is 12.2. The SMILES string of the molecule is CCN1CC2(CCCCC2)OC2(CC2)C1=O.CNCc1ccccc1. The molecule has 1 heterocycles. The molecule has 1 saturated heterocycles. The minimum atomic E-state index is -0.383. The Morgan fingerprint density at radius 3 is 2.32 bits per heavy atom. The molecule has 2 saturated carbocycles. The summed E-state index contributed by atoms with van der Waals surface area (Å²) >= 11 is 0. The van der Waals surface area contributed by atoms with Gasteiger partial charge in [-0.2, -0.15) is 0 Å². The summed E-state index contributed by atoms with van der Waals surface area (Å²) in [5.74, 6) is 0.256. The second-order valence-corrected chi connectivity index (χ2v) is 7.68. The van der Waals surface area contributed by atoms with Crippen molar-refractivity contribution in [2.45, 2.75) is 69.6 Å². The van der Waals surface area contributed by atoms with Gasteiger partial charge in [0.1, 0.15) is 5.60 Å². The van der Waals surface area contributed by atoms with E-state index in [1.54, 1.807) is 0 Å². The number of carbonyl (C=O) groups excluding carboxylic acids is 1. The fourth-order valence-corrected chi connectivity index (χ4v) is 4.14. The molecule has 3 aliphatic rings. The quantitative estimate of drug-likeness (QED) is 0.912. The first-order valence-electron chi connectivity index (χ1n) is 9.81. The number of nitrogens with one attached hydrogen (secondary N) is 1. The lowest BCUT2D eigenvalue weighted by Crippen LogP contribution is -2.60. The average molecular weight is 344 g/mol. The number of benzene rings is 1. The van der Waals surface area contributed by atoms with Crippen molar-refractivity contribution in [3.8, 4) is 0 Å². The third-order valence-electron chi connectivity index (χ3n) is 5.64. The summed E-state index contributed by atoms with van der Waals surface area (Å²) in [6.07, 6.45) is 8.06. The molecule has 2 spiro atoms. The van der Waals surface area contributed by atoms with Crippen molar-refractivity contribution in [1.82, 2.24) is 10.2 Å². The highest BCUT2D eigenvalue weighted by Crippen LogP contribution is 2.50. The van der Waals surface area contributed by atoms with Gasteiger partial charge in [0.2, 0.25) is 0 Å². The van der Waals surface area contributed by atoms with Crippen molar-refractivity contribution in [2.75, 3.05) is 20.1 Å². The molecule has 0 unspecified atom stereocenters. The molecule has 138 valence electrons. The van der Waals surface area contributed by atoms with E-state index in [9.17, 15) is 4.79 Å². The van der Waals surface area contributed by atoms with Gasteiger partial charge in [-0.25, -0.2) is 0 Å². The van der Waals surface area contributed by atoms with Gasteiger partial charge in [0.25, 0.3) is 5.91 Å². The van der Waals surface area contributed by atoms with Crippen LogP contribution >= 0.6 is 0 Å². The molecular weight excluding hydrogens is 312 g/mol. The summed E-state index contributed by atoms with van der Waals surface area (Å²) in [4.78, 5) is 14.2. The van der Waals surface area contributed by atoms with Crippen LogP contribution in [0, 0.1) is 0 Å². The Hall–Kier alpha value is -1.39. The smallest absolute Gasteiger partial charge is 0.254 e. The summed E-state index contributed by atoms with van der Waals surface area (Å²) in [5.41, 5.74) is 0.963. The van der Waals surface area contributed by atoms with E-state index in [1.807, 2.05) is 30.1 Å². The number of ether oxygens (including phenoxy) is 1. The lowest BCUT2D eigenvalue weighted by molar-refractivity contribution is -0.197. The molecule has 0 radical (unpaired) electrons. The summed E-state index contributed by atoms with van der Waals surface area (Å²) in [7, 11) is 1.95. The van der Waals surface area contributed by atoms with Gasteiger partial charge in [-0.15, -0.1) is 0 Å². The largest absolute Gasteiger partial charge is 0.357 e. The van der Waals surface area contributed by atoms with E-state index in [1.165, 1.54) is 24.8 Å². The molecule has 25 heavy (non-hydrogen) atoms. The minimum Gasteiger partial charge on any atom is -0.357 e. The highest BCUT2D eigenvalue weighted by molar-refractivity contribution is 5.89. The van der Waals surface area contributed by atoms with Gasteiger partial charge in [0.15, 0.2) is 0 Å². The predicted molar refractivity (Wildman–Crippen MR) is 100 cm³/mol. The van der Waals surface area contributed by atoms with Crippen LogP contribution in [0.2, 0.25) is 0 Å². The molecule has 1 amide bonds. The number of likely N-dealkylation sites (N-methyl/N-ethyl adjacent to an activating group) is 1. The number of hydrogen-bond donors (Lipinski definition) is 1. The van der Waals surface area contributed by atoms with Gasteiger partial charge in [-0.05, 0) is 45.2 Å². The first-order chi connectivity index (χ1) is 12.1. The third-order valence-corrected chi connectivity index (χ3v) is 5.64. The van der Waals surface area contributed by atoms with Gasteiger partial charge >= 0.3 is 0 Å². The highest BCUT2D eigenvalue weighted by Gasteiger charge is 2.61. The molecule has 4 heteroatoms. The zero-order chi connectivity index (χ0) is 17.8. The topological polar surface area (TPSA) is 41.6 Å². The Labute approximate surface area is 151 Å². The average Bonchev–Trinajstić information content (AvgIpc) is 3.41. The summed E-state index contributed by atoms with van der Waals surface area (Å²) in [6.45, 7) is 4.71. The van der Waals surface area contributed by atoms with Crippen molar-refractivity contribution >= 4 is 5.91 Å². The lowest BCUT2D eigenvalue weighted by Gasteiger charge is -2.48. The molecule has 3 fully saturated rings.